The average Bonchev–Trinajstić information content (AvgIpc) is 3.40. The Labute approximate surface area is 188 Å². The Bertz CT molecular complexity index is 1000. The highest BCUT2D eigenvalue weighted by Gasteiger charge is 2.22. The SMILES string of the molecule is Cc1ccccc1CSc1nnc(CN(C)Cc2ccccc2O)n1C[C@@H]1CCCO1. The van der Waals surface area contributed by atoms with E-state index in [1.54, 1.807) is 17.8 Å². The summed E-state index contributed by atoms with van der Waals surface area (Å²) >= 11 is 1.73. The van der Waals surface area contributed by atoms with Gasteiger partial charge in [-0.15, -0.1) is 10.2 Å². The molecular weight excluding hydrogens is 408 g/mol. The van der Waals surface area contributed by atoms with Gasteiger partial charge in [-0.05, 0) is 44.0 Å². The summed E-state index contributed by atoms with van der Waals surface area (Å²) in [5, 5.41) is 20.1. The number of aromatic hydroxyl groups is 1. The van der Waals surface area contributed by atoms with Crippen LogP contribution in [0, 0.1) is 6.92 Å². The molecule has 0 radical (unpaired) electrons. The number of hydrogen-bond acceptors (Lipinski definition) is 6. The van der Waals surface area contributed by atoms with Crippen LogP contribution < -0.4 is 0 Å². The maximum Gasteiger partial charge on any atom is 0.191 e. The number of phenolic OH excluding ortho intramolecular Hbond substituents is 1. The molecule has 0 bridgehead atoms. The van der Waals surface area contributed by atoms with Gasteiger partial charge in [0.25, 0.3) is 0 Å². The minimum atomic E-state index is 0.219. The van der Waals surface area contributed by atoms with Crippen molar-refractivity contribution in [2.75, 3.05) is 13.7 Å². The van der Waals surface area contributed by atoms with Gasteiger partial charge in [-0.1, -0.05) is 54.2 Å². The average molecular weight is 439 g/mol. The first kappa shape index (κ1) is 21.9. The lowest BCUT2D eigenvalue weighted by molar-refractivity contribution is 0.0934. The Balaban J connectivity index is 1.49. The number of phenols is 1. The van der Waals surface area contributed by atoms with E-state index in [4.69, 9.17) is 4.74 Å². The summed E-state index contributed by atoms with van der Waals surface area (Å²) in [6.07, 6.45) is 2.41. The number of hydrogen-bond donors (Lipinski definition) is 1. The minimum Gasteiger partial charge on any atom is -0.508 e. The van der Waals surface area contributed by atoms with Crippen LogP contribution in [0.1, 0.15) is 35.4 Å². The summed E-state index contributed by atoms with van der Waals surface area (Å²) in [4.78, 5) is 2.15. The normalized spacial score (nSPS) is 16.3. The Morgan fingerprint density at radius 3 is 2.61 bits per heavy atom. The van der Waals surface area contributed by atoms with Crippen molar-refractivity contribution in [3.8, 4) is 5.75 Å². The van der Waals surface area contributed by atoms with E-state index in [-0.39, 0.29) is 6.10 Å². The number of rotatable bonds is 9. The van der Waals surface area contributed by atoms with Crippen LogP contribution in [-0.4, -0.2) is 44.5 Å². The molecule has 0 aliphatic carbocycles. The minimum absolute atomic E-state index is 0.219. The first-order valence-corrected chi connectivity index (χ1v) is 11.7. The first-order valence-electron chi connectivity index (χ1n) is 10.8. The quantitative estimate of drug-likeness (QED) is 0.500. The van der Waals surface area contributed by atoms with Gasteiger partial charge in [0.05, 0.1) is 19.2 Å². The van der Waals surface area contributed by atoms with E-state index in [1.165, 1.54) is 11.1 Å². The Kier molecular flexibility index (Phi) is 7.27. The Morgan fingerprint density at radius 1 is 1.10 bits per heavy atom. The van der Waals surface area contributed by atoms with Crippen molar-refractivity contribution in [1.29, 1.82) is 0 Å². The van der Waals surface area contributed by atoms with E-state index < -0.39 is 0 Å². The predicted octanol–water partition coefficient (Wildman–Crippen LogP) is 4.40. The molecule has 2 aromatic carbocycles. The molecule has 1 atom stereocenters. The monoisotopic (exact) mass is 438 g/mol. The van der Waals surface area contributed by atoms with Crippen LogP contribution >= 0.6 is 11.8 Å². The summed E-state index contributed by atoms with van der Waals surface area (Å²) in [5.41, 5.74) is 3.52. The summed E-state index contributed by atoms with van der Waals surface area (Å²) in [6, 6.07) is 15.9. The topological polar surface area (TPSA) is 63.4 Å². The molecule has 0 saturated carbocycles. The molecular formula is C24H30N4O2S. The van der Waals surface area contributed by atoms with Crippen molar-refractivity contribution < 1.29 is 9.84 Å². The largest absolute Gasteiger partial charge is 0.508 e. The number of nitrogens with zero attached hydrogens (tertiary/aromatic N) is 4. The van der Waals surface area contributed by atoms with Crippen molar-refractivity contribution in [2.24, 2.45) is 0 Å². The van der Waals surface area contributed by atoms with Gasteiger partial charge in [-0.3, -0.25) is 4.90 Å². The molecule has 1 saturated heterocycles. The van der Waals surface area contributed by atoms with Crippen molar-refractivity contribution in [3.05, 3.63) is 71.0 Å². The summed E-state index contributed by atoms with van der Waals surface area (Å²) < 4.78 is 8.12. The lowest BCUT2D eigenvalue weighted by atomic mass is 10.1. The van der Waals surface area contributed by atoms with Crippen LogP contribution in [0.3, 0.4) is 0 Å². The third kappa shape index (κ3) is 5.67. The molecule has 1 fully saturated rings. The molecule has 4 rings (SSSR count). The maximum atomic E-state index is 10.1. The molecule has 6 nitrogen and oxygen atoms in total. The summed E-state index contributed by atoms with van der Waals surface area (Å²) in [6.45, 7) is 5.06. The Hall–Kier alpha value is -2.35. The molecule has 2 heterocycles. The lowest BCUT2D eigenvalue weighted by Crippen LogP contribution is -2.23. The molecule has 7 heteroatoms. The van der Waals surface area contributed by atoms with E-state index in [0.717, 1.165) is 48.3 Å². The zero-order valence-corrected chi connectivity index (χ0v) is 19.0. The van der Waals surface area contributed by atoms with E-state index >= 15 is 0 Å². The number of benzene rings is 2. The van der Waals surface area contributed by atoms with Crippen LogP contribution in [0.5, 0.6) is 5.75 Å². The van der Waals surface area contributed by atoms with Crippen molar-refractivity contribution in [2.45, 2.75) is 56.4 Å². The summed E-state index contributed by atoms with van der Waals surface area (Å²) in [5.74, 6) is 2.12. The number of aromatic nitrogens is 3. The molecule has 0 unspecified atom stereocenters. The Morgan fingerprint density at radius 2 is 1.87 bits per heavy atom. The number of ether oxygens (including phenoxy) is 1. The van der Waals surface area contributed by atoms with E-state index in [9.17, 15) is 5.11 Å². The highest BCUT2D eigenvalue weighted by molar-refractivity contribution is 7.98. The molecule has 1 aromatic heterocycles. The highest BCUT2D eigenvalue weighted by Crippen LogP contribution is 2.26. The number of para-hydroxylation sites is 1. The fourth-order valence-corrected chi connectivity index (χ4v) is 4.91. The lowest BCUT2D eigenvalue weighted by Gasteiger charge is -2.19. The zero-order valence-electron chi connectivity index (χ0n) is 18.2. The predicted molar refractivity (Wildman–Crippen MR) is 123 cm³/mol. The van der Waals surface area contributed by atoms with Crippen molar-refractivity contribution in [1.82, 2.24) is 19.7 Å². The molecule has 1 aliphatic heterocycles. The standard InChI is InChI=1S/C24H30N4O2S/c1-18-8-3-4-10-20(18)17-31-24-26-25-23(28(24)15-21-11-7-13-30-21)16-27(2)14-19-9-5-6-12-22(19)29/h3-6,8-10,12,21,29H,7,11,13-17H2,1-2H3/t21-/m0/s1. The second-order valence-electron chi connectivity index (χ2n) is 8.16. The third-order valence-electron chi connectivity index (χ3n) is 5.66. The first-order chi connectivity index (χ1) is 15.1. The van der Waals surface area contributed by atoms with Crippen molar-refractivity contribution in [3.63, 3.8) is 0 Å². The third-order valence-corrected chi connectivity index (χ3v) is 6.68. The molecule has 0 spiro atoms. The van der Waals surface area contributed by atoms with Gasteiger partial charge in [-0.2, -0.15) is 0 Å². The molecule has 1 N–H and O–H groups in total. The van der Waals surface area contributed by atoms with Crippen LogP contribution in [0.4, 0.5) is 0 Å². The summed E-state index contributed by atoms with van der Waals surface area (Å²) in [7, 11) is 2.04. The fourth-order valence-electron chi connectivity index (χ4n) is 3.87. The van der Waals surface area contributed by atoms with E-state index in [1.807, 2.05) is 25.2 Å². The van der Waals surface area contributed by atoms with Gasteiger partial charge in [0, 0.05) is 24.5 Å². The van der Waals surface area contributed by atoms with Crippen LogP contribution in [0.2, 0.25) is 0 Å². The van der Waals surface area contributed by atoms with Gasteiger partial charge < -0.3 is 14.4 Å². The van der Waals surface area contributed by atoms with Crippen molar-refractivity contribution >= 4 is 11.8 Å². The molecule has 3 aromatic rings. The maximum absolute atomic E-state index is 10.1. The second-order valence-corrected chi connectivity index (χ2v) is 9.10. The molecule has 1 aliphatic rings. The van der Waals surface area contributed by atoms with Gasteiger partial charge >= 0.3 is 0 Å². The molecule has 0 amide bonds. The number of aryl methyl sites for hydroxylation is 1. The zero-order chi connectivity index (χ0) is 21.6. The van der Waals surface area contributed by atoms with Crippen LogP contribution in [-0.2, 0) is 30.1 Å². The van der Waals surface area contributed by atoms with Gasteiger partial charge in [0.1, 0.15) is 11.6 Å². The van der Waals surface area contributed by atoms with Gasteiger partial charge in [0.2, 0.25) is 0 Å². The fraction of sp³-hybridized carbons (Fsp3) is 0.417. The van der Waals surface area contributed by atoms with Crippen LogP contribution in [0.15, 0.2) is 53.7 Å². The van der Waals surface area contributed by atoms with Gasteiger partial charge in [0.15, 0.2) is 5.16 Å². The number of thioether (sulfide) groups is 1. The molecule has 164 valence electrons. The van der Waals surface area contributed by atoms with E-state index in [2.05, 4.69) is 50.9 Å². The highest BCUT2D eigenvalue weighted by atomic mass is 32.2. The smallest absolute Gasteiger partial charge is 0.191 e. The van der Waals surface area contributed by atoms with E-state index in [0.29, 0.717) is 18.8 Å². The van der Waals surface area contributed by atoms with Crippen LogP contribution in [0.25, 0.3) is 0 Å². The van der Waals surface area contributed by atoms with Gasteiger partial charge in [-0.25, -0.2) is 0 Å². The molecule has 31 heavy (non-hydrogen) atoms. The second kappa shape index (κ2) is 10.3.